The molecule has 15 heavy (non-hydrogen) atoms. The van der Waals surface area contributed by atoms with Gasteiger partial charge in [-0.05, 0) is 18.8 Å². The summed E-state index contributed by atoms with van der Waals surface area (Å²) in [7, 11) is 1.45. The fourth-order valence-corrected chi connectivity index (χ4v) is 2.23. The summed E-state index contributed by atoms with van der Waals surface area (Å²) in [5, 5.41) is 3.49. The lowest BCUT2D eigenvalue weighted by molar-refractivity contribution is -0.144. The Kier molecular flexibility index (Phi) is 5.09. The van der Waals surface area contributed by atoms with Crippen molar-refractivity contribution in [2.45, 2.75) is 45.6 Å². The molecule has 88 valence electrons. The van der Waals surface area contributed by atoms with Crippen molar-refractivity contribution in [2.24, 2.45) is 11.8 Å². The zero-order valence-electron chi connectivity index (χ0n) is 10.1. The van der Waals surface area contributed by atoms with Gasteiger partial charge in [0.2, 0.25) is 0 Å². The van der Waals surface area contributed by atoms with E-state index in [0.29, 0.717) is 6.04 Å². The van der Waals surface area contributed by atoms with Crippen molar-refractivity contribution in [1.29, 1.82) is 0 Å². The molecule has 0 bridgehead atoms. The van der Waals surface area contributed by atoms with Crippen LogP contribution in [0, 0.1) is 11.8 Å². The van der Waals surface area contributed by atoms with Gasteiger partial charge < -0.3 is 10.1 Å². The van der Waals surface area contributed by atoms with Gasteiger partial charge in [-0.2, -0.15) is 0 Å². The molecular weight excluding hydrogens is 190 g/mol. The van der Waals surface area contributed by atoms with Crippen LogP contribution >= 0.6 is 0 Å². The van der Waals surface area contributed by atoms with Crippen molar-refractivity contribution in [3.8, 4) is 0 Å². The molecule has 3 heteroatoms. The van der Waals surface area contributed by atoms with E-state index in [0.717, 1.165) is 12.5 Å². The fraction of sp³-hybridized carbons (Fsp3) is 0.917. The topological polar surface area (TPSA) is 38.3 Å². The lowest BCUT2D eigenvalue weighted by Crippen LogP contribution is -2.40. The van der Waals surface area contributed by atoms with Crippen molar-refractivity contribution in [3.05, 3.63) is 0 Å². The van der Waals surface area contributed by atoms with Crippen LogP contribution < -0.4 is 5.32 Å². The summed E-state index contributed by atoms with van der Waals surface area (Å²) in [6.45, 7) is 4.94. The third kappa shape index (κ3) is 3.82. The Bertz CT molecular complexity index is 206. The number of ether oxygens (including phenoxy) is 1. The highest BCUT2D eigenvalue weighted by molar-refractivity contribution is 5.72. The van der Waals surface area contributed by atoms with E-state index < -0.39 is 0 Å². The SMILES string of the molecule is COC(=O)[C@H](C)CN[C@@H]1CCCC[C@H]1C. The Labute approximate surface area is 92.6 Å². The number of hydrogen-bond donors (Lipinski definition) is 1. The average Bonchev–Trinajstić information content (AvgIpc) is 2.26. The molecule has 0 amide bonds. The molecule has 1 N–H and O–H groups in total. The second-order valence-electron chi connectivity index (χ2n) is 4.70. The number of nitrogens with one attached hydrogen (secondary N) is 1. The molecule has 0 heterocycles. The lowest BCUT2D eigenvalue weighted by Gasteiger charge is -2.30. The number of rotatable bonds is 4. The first-order chi connectivity index (χ1) is 7.15. The molecule has 0 aromatic rings. The number of methoxy groups -OCH3 is 1. The first-order valence-corrected chi connectivity index (χ1v) is 5.96. The van der Waals surface area contributed by atoms with Gasteiger partial charge in [0, 0.05) is 12.6 Å². The summed E-state index contributed by atoms with van der Waals surface area (Å²) in [5.41, 5.74) is 0. The van der Waals surface area contributed by atoms with Crippen molar-refractivity contribution in [3.63, 3.8) is 0 Å². The molecule has 1 fully saturated rings. The Morgan fingerprint density at radius 2 is 2.13 bits per heavy atom. The van der Waals surface area contributed by atoms with E-state index in [9.17, 15) is 4.79 Å². The number of esters is 1. The number of hydrogen-bond acceptors (Lipinski definition) is 3. The van der Waals surface area contributed by atoms with Gasteiger partial charge in [0.1, 0.15) is 0 Å². The van der Waals surface area contributed by atoms with Crippen LogP contribution in [-0.4, -0.2) is 25.7 Å². The van der Waals surface area contributed by atoms with Gasteiger partial charge in [0.05, 0.1) is 13.0 Å². The fourth-order valence-electron chi connectivity index (χ4n) is 2.23. The Balaban J connectivity index is 2.26. The van der Waals surface area contributed by atoms with E-state index >= 15 is 0 Å². The van der Waals surface area contributed by atoms with Gasteiger partial charge in [-0.25, -0.2) is 0 Å². The van der Waals surface area contributed by atoms with Gasteiger partial charge >= 0.3 is 5.97 Å². The molecule has 1 aliphatic rings. The predicted octanol–water partition coefficient (Wildman–Crippen LogP) is 1.96. The molecule has 0 spiro atoms. The quantitative estimate of drug-likeness (QED) is 0.726. The molecule has 0 aromatic heterocycles. The average molecular weight is 213 g/mol. The monoisotopic (exact) mass is 213 g/mol. The van der Waals surface area contributed by atoms with E-state index in [1.807, 2.05) is 6.92 Å². The minimum Gasteiger partial charge on any atom is -0.469 e. The van der Waals surface area contributed by atoms with Crippen LogP contribution in [0.2, 0.25) is 0 Å². The maximum atomic E-state index is 11.2. The van der Waals surface area contributed by atoms with E-state index in [1.165, 1.54) is 32.8 Å². The van der Waals surface area contributed by atoms with Gasteiger partial charge in [-0.1, -0.05) is 26.7 Å². The largest absolute Gasteiger partial charge is 0.469 e. The van der Waals surface area contributed by atoms with E-state index in [1.54, 1.807) is 0 Å². The zero-order valence-corrected chi connectivity index (χ0v) is 10.1. The second-order valence-corrected chi connectivity index (χ2v) is 4.70. The summed E-state index contributed by atoms with van der Waals surface area (Å²) in [5.74, 6) is 0.582. The maximum Gasteiger partial charge on any atom is 0.309 e. The third-order valence-corrected chi connectivity index (χ3v) is 3.40. The summed E-state index contributed by atoms with van der Waals surface area (Å²) in [6.07, 6.45) is 5.22. The predicted molar refractivity (Wildman–Crippen MR) is 60.6 cm³/mol. The summed E-state index contributed by atoms with van der Waals surface area (Å²) in [4.78, 5) is 11.2. The molecule has 1 saturated carbocycles. The van der Waals surface area contributed by atoms with Crippen LogP contribution in [0.4, 0.5) is 0 Å². The molecule has 0 aromatic carbocycles. The first-order valence-electron chi connectivity index (χ1n) is 5.96. The normalized spacial score (nSPS) is 28.5. The smallest absolute Gasteiger partial charge is 0.309 e. The lowest BCUT2D eigenvalue weighted by atomic mass is 9.86. The molecule has 0 radical (unpaired) electrons. The summed E-state index contributed by atoms with van der Waals surface area (Å²) in [6, 6.07) is 0.589. The van der Waals surface area contributed by atoms with Gasteiger partial charge in [0.15, 0.2) is 0 Å². The summed E-state index contributed by atoms with van der Waals surface area (Å²) < 4.78 is 4.70. The first kappa shape index (κ1) is 12.5. The Morgan fingerprint density at radius 3 is 2.73 bits per heavy atom. The van der Waals surface area contributed by atoms with Crippen molar-refractivity contribution < 1.29 is 9.53 Å². The van der Waals surface area contributed by atoms with Crippen LogP contribution in [0.15, 0.2) is 0 Å². The summed E-state index contributed by atoms with van der Waals surface area (Å²) >= 11 is 0. The third-order valence-electron chi connectivity index (χ3n) is 3.40. The molecule has 1 rings (SSSR count). The van der Waals surface area contributed by atoms with Crippen LogP contribution in [0.25, 0.3) is 0 Å². The molecule has 3 nitrogen and oxygen atoms in total. The molecule has 0 saturated heterocycles. The zero-order chi connectivity index (χ0) is 11.3. The molecule has 0 aliphatic heterocycles. The minimum absolute atomic E-state index is 0.0378. The highest BCUT2D eigenvalue weighted by Gasteiger charge is 2.22. The molecule has 3 atom stereocenters. The van der Waals surface area contributed by atoms with Crippen molar-refractivity contribution in [1.82, 2.24) is 5.32 Å². The van der Waals surface area contributed by atoms with Gasteiger partial charge in [-0.15, -0.1) is 0 Å². The highest BCUT2D eigenvalue weighted by Crippen LogP contribution is 2.23. The standard InChI is InChI=1S/C12H23NO2/c1-9-6-4-5-7-11(9)13-8-10(2)12(14)15-3/h9-11,13H,4-8H2,1-3H3/t9-,10-,11-/m1/s1. The van der Waals surface area contributed by atoms with Crippen LogP contribution in [0.5, 0.6) is 0 Å². The number of carbonyl (C=O) groups excluding carboxylic acids is 1. The maximum absolute atomic E-state index is 11.2. The van der Waals surface area contributed by atoms with Gasteiger partial charge in [0.25, 0.3) is 0 Å². The van der Waals surface area contributed by atoms with Gasteiger partial charge in [-0.3, -0.25) is 4.79 Å². The van der Waals surface area contributed by atoms with Crippen LogP contribution in [0.1, 0.15) is 39.5 Å². The number of carbonyl (C=O) groups is 1. The minimum atomic E-state index is -0.119. The Morgan fingerprint density at radius 1 is 1.47 bits per heavy atom. The second kappa shape index (κ2) is 6.11. The van der Waals surface area contributed by atoms with Crippen LogP contribution in [0.3, 0.4) is 0 Å². The van der Waals surface area contributed by atoms with Crippen LogP contribution in [-0.2, 0) is 9.53 Å². The Hall–Kier alpha value is -0.570. The van der Waals surface area contributed by atoms with E-state index in [-0.39, 0.29) is 11.9 Å². The molecule has 1 aliphatic carbocycles. The molecule has 0 unspecified atom stereocenters. The van der Waals surface area contributed by atoms with Crippen molar-refractivity contribution in [2.75, 3.05) is 13.7 Å². The van der Waals surface area contributed by atoms with Crippen molar-refractivity contribution >= 4 is 5.97 Å². The van der Waals surface area contributed by atoms with E-state index in [2.05, 4.69) is 12.2 Å². The highest BCUT2D eigenvalue weighted by atomic mass is 16.5. The van der Waals surface area contributed by atoms with E-state index in [4.69, 9.17) is 4.74 Å². The molecular formula is C12H23NO2.